The summed E-state index contributed by atoms with van der Waals surface area (Å²) in [6.07, 6.45) is 9.52. The number of likely N-dealkylation sites (tertiary alicyclic amines) is 2. The molecule has 0 spiro atoms. The molecule has 5 aliphatic rings. The van der Waals surface area contributed by atoms with E-state index in [1.165, 1.54) is 30.9 Å². The van der Waals surface area contributed by atoms with Gasteiger partial charge in [0.2, 0.25) is 17.7 Å². The predicted octanol–water partition coefficient (Wildman–Crippen LogP) is 9.16. The van der Waals surface area contributed by atoms with Gasteiger partial charge in [-0.25, -0.2) is 13.6 Å². The van der Waals surface area contributed by atoms with Gasteiger partial charge in [-0.05, 0) is 131 Å². The Morgan fingerprint density at radius 3 is 2.37 bits per heavy atom. The number of halogens is 3. The van der Waals surface area contributed by atoms with Crippen LogP contribution in [0.25, 0.3) is 22.0 Å². The number of aromatic nitrogens is 2. The average Bonchev–Trinajstić information content (AvgIpc) is 3.88. The van der Waals surface area contributed by atoms with Crippen LogP contribution in [0.5, 0.6) is 11.5 Å². The van der Waals surface area contributed by atoms with E-state index in [-0.39, 0.29) is 63.4 Å². The van der Waals surface area contributed by atoms with Gasteiger partial charge in [-0.3, -0.25) is 29.3 Å². The molecule has 4 fully saturated rings. The number of aryl methyl sites for hydroxylation is 1. The summed E-state index contributed by atoms with van der Waals surface area (Å²) in [4.78, 5) is 57.1. The van der Waals surface area contributed by atoms with Gasteiger partial charge in [-0.1, -0.05) is 54.9 Å². The molecule has 0 radical (unpaired) electrons. The molecule has 17 heteroatoms. The van der Waals surface area contributed by atoms with Gasteiger partial charge in [-0.15, -0.1) is 0 Å². The first-order chi connectivity index (χ1) is 35.2. The molecule has 14 nitrogen and oxygen atoms in total. The second-order valence-electron chi connectivity index (χ2n) is 20.8. The number of urea groups is 1. The summed E-state index contributed by atoms with van der Waals surface area (Å²) in [5.74, 6) is -1.27. The molecule has 4 N–H and O–H groups in total. The molecule has 10 rings (SSSR count). The van der Waals surface area contributed by atoms with Crippen molar-refractivity contribution in [1.29, 1.82) is 0 Å². The third-order valence-corrected chi connectivity index (χ3v) is 17.1. The van der Waals surface area contributed by atoms with E-state index in [2.05, 4.69) is 43.7 Å². The lowest BCUT2D eigenvalue weighted by Crippen LogP contribution is -2.49. The van der Waals surface area contributed by atoms with Crippen molar-refractivity contribution in [1.82, 2.24) is 30.2 Å². The molecule has 1 aliphatic carbocycles. The fraction of sp³-hybridized carbons (Fsp3) is 0.482. The van der Waals surface area contributed by atoms with Gasteiger partial charge in [0.05, 0.1) is 23.2 Å². The fourth-order valence-electron chi connectivity index (χ4n) is 12.5. The lowest BCUT2D eigenvalue weighted by atomic mass is 9.75. The summed E-state index contributed by atoms with van der Waals surface area (Å²) < 4.78 is 45.9. The normalized spacial score (nSPS) is 23.1. The summed E-state index contributed by atoms with van der Waals surface area (Å²) in [7, 11) is 3.21. The second kappa shape index (κ2) is 21.0. The monoisotopic (exact) mass is 1020 g/mol. The molecule has 5 heterocycles. The number of nitrogens with one attached hydrogen (secondary N) is 2. The highest BCUT2D eigenvalue weighted by Gasteiger charge is 2.50. The van der Waals surface area contributed by atoms with E-state index in [0.717, 1.165) is 107 Å². The largest absolute Gasteiger partial charge is 0.494 e. The van der Waals surface area contributed by atoms with Crippen molar-refractivity contribution in [2.24, 2.45) is 24.6 Å². The number of methoxy groups -OCH3 is 1. The Morgan fingerprint density at radius 1 is 0.932 bits per heavy atom. The number of carbonyl (C=O) groups is 4. The first-order valence-electron chi connectivity index (χ1n) is 26.0. The number of hydrogen-bond donors (Lipinski definition) is 3. The van der Waals surface area contributed by atoms with Crippen molar-refractivity contribution >= 4 is 52.1 Å². The molecular weight excluding hydrogens is 954 g/mol. The molecule has 1 saturated carbocycles. The van der Waals surface area contributed by atoms with Crippen LogP contribution in [-0.4, -0.2) is 102 Å². The minimum atomic E-state index is -0.994. The lowest BCUT2D eigenvalue weighted by Gasteiger charge is -2.38. The molecule has 2 atom stereocenters. The summed E-state index contributed by atoms with van der Waals surface area (Å²) >= 11 is 6.70. The fourth-order valence-corrected chi connectivity index (χ4v) is 12.8. The molecule has 1 aromatic heterocycles. The first-order valence-corrected chi connectivity index (χ1v) is 26.4. The van der Waals surface area contributed by atoms with Crippen molar-refractivity contribution < 1.29 is 37.4 Å². The maximum Gasteiger partial charge on any atom is 0.329 e. The number of anilines is 1. The number of hydrogen-bond acceptors (Lipinski definition) is 9. The highest BCUT2D eigenvalue weighted by molar-refractivity contribution is 6.34. The van der Waals surface area contributed by atoms with Crippen LogP contribution in [0, 0.1) is 23.5 Å². The van der Waals surface area contributed by atoms with Gasteiger partial charge >= 0.3 is 6.03 Å². The zero-order chi connectivity index (χ0) is 51.1. The van der Waals surface area contributed by atoms with Crippen molar-refractivity contribution in [2.45, 2.75) is 101 Å². The van der Waals surface area contributed by atoms with Gasteiger partial charge in [0, 0.05) is 85.5 Å². The minimum absolute atomic E-state index is 0.0160. The smallest absolute Gasteiger partial charge is 0.329 e. The average molecular weight is 1020 g/mol. The Bertz CT molecular complexity index is 2910. The van der Waals surface area contributed by atoms with Gasteiger partial charge < -0.3 is 30.3 Å². The molecule has 3 saturated heterocycles. The topological polar surface area (TPSA) is 164 Å². The number of fused-ring (bicyclic) bond motifs is 2. The Hall–Kier alpha value is -6.10. The molecular formula is C56H65ClF2N8O6. The molecule has 5 amide bonds. The Balaban J connectivity index is 0.692. The van der Waals surface area contributed by atoms with Crippen LogP contribution in [-0.2, 0) is 22.2 Å². The number of imide groups is 1. The number of benzene rings is 4. The highest BCUT2D eigenvalue weighted by atomic mass is 35.5. The van der Waals surface area contributed by atoms with Crippen LogP contribution in [0.1, 0.15) is 116 Å². The quantitative estimate of drug-likeness (QED) is 0.0984. The molecule has 0 unspecified atom stereocenters. The van der Waals surface area contributed by atoms with Crippen LogP contribution in [0.3, 0.4) is 0 Å². The number of piperidine rings is 2. The lowest BCUT2D eigenvalue weighted by molar-refractivity contribution is -0.138. The third-order valence-electron chi connectivity index (χ3n) is 16.8. The number of primary amides is 1. The maximum atomic E-state index is 16.2. The Morgan fingerprint density at radius 2 is 1.67 bits per heavy atom. The molecule has 73 heavy (non-hydrogen) atoms. The summed E-state index contributed by atoms with van der Waals surface area (Å²) in [6.45, 7) is 7.65. The van der Waals surface area contributed by atoms with Gasteiger partial charge in [0.1, 0.15) is 17.2 Å². The van der Waals surface area contributed by atoms with Crippen LogP contribution in [0.2, 0.25) is 5.02 Å². The highest BCUT2D eigenvalue weighted by Crippen LogP contribution is 2.58. The molecule has 0 bridgehead atoms. The zero-order valence-corrected chi connectivity index (χ0v) is 42.6. The van der Waals surface area contributed by atoms with E-state index < -0.39 is 35.1 Å². The van der Waals surface area contributed by atoms with Crippen molar-refractivity contribution in [3.63, 3.8) is 0 Å². The minimum Gasteiger partial charge on any atom is -0.494 e. The van der Waals surface area contributed by atoms with Gasteiger partial charge in [0.25, 0.3) is 0 Å². The van der Waals surface area contributed by atoms with Crippen LogP contribution < -0.4 is 30.7 Å². The van der Waals surface area contributed by atoms with Gasteiger partial charge in [-0.2, -0.15) is 5.10 Å². The van der Waals surface area contributed by atoms with Crippen LogP contribution >= 0.6 is 11.6 Å². The number of amides is 5. The number of rotatable bonds is 14. The van der Waals surface area contributed by atoms with Crippen LogP contribution in [0.4, 0.5) is 19.4 Å². The van der Waals surface area contributed by atoms with Crippen molar-refractivity contribution in [3.8, 4) is 22.6 Å². The molecule has 5 aromatic rings. The predicted molar refractivity (Wildman–Crippen MR) is 276 cm³/mol. The maximum absolute atomic E-state index is 16.2. The summed E-state index contributed by atoms with van der Waals surface area (Å²) in [5, 5.41) is 11.4. The first kappa shape index (κ1) is 50.4. The number of carbonyl (C=O) groups excluding carboxylic acids is 4. The van der Waals surface area contributed by atoms with Crippen molar-refractivity contribution in [2.75, 3.05) is 57.8 Å². The molecule has 4 aromatic carbocycles. The molecule has 386 valence electrons. The Labute approximate surface area is 429 Å². The summed E-state index contributed by atoms with van der Waals surface area (Å²) in [5.41, 5.74) is 8.01. The zero-order valence-electron chi connectivity index (χ0n) is 41.9. The van der Waals surface area contributed by atoms with Crippen molar-refractivity contribution in [3.05, 3.63) is 106 Å². The van der Waals surface area contributed by atoms with E-state index in [4.69, 9.17) is 26.8 Å². The van der Waals surface area contributed by atoms with E-state index in [0.29, 0.717) is 42.7 Å². The number of nitrogens with two attached hydrogens (primary N) is 1. The van der Waals surface area contributed by atoms with Crippen LogP contribution in [0.15, 0.2) is 66.7 Å². The molecule has 4 aliphatic heterocycles. The Kier molecular flexibility index (Phi) is 14.5. The SMILES string of the molecule is COc1ccc(C(N)=O)c(-c2c(Cl)c(F)cc3c2[C@H](C)[C@@](CCNC2CCC(C(=O)N4CCC(CCN5CCC(c6ccc7c(N8CCC(=O)NC8=O)nn(C)c7c6)CC5)CC4)CC2)(c2ccccc2)O3)c1F. The number of nitrogens with zero attached hydrogens (tertiary/aromatic N) is 5. The van der Waals surface area contributed by atoms with E-state index in [1.807, 2.05) is 49.0 Å². The third kappa shape index (κ3) is 9.78. The number of ether oxygens (including phenoxy) is 2. The standard InChI is InChI=1S/C56H65ClF2N8O6/c1-33-47-45(32-42(58)50(57)49(47)48-41(52(60)69)15-16-44(72-3)51(48)59)73-56(33,38-7-5-4-6-8-38)23-24-61-39-12-9-36(10-13-39)54(70)66-28-18-34(19-29-66)17-25-65-26-20-35(21-27-65)37-11-14-40-43(31-37)64(2)63-53(40)67-30-22-46(68)62-55(67)71/h4-8,11,14-16,31-36,39,61H,9-10,12-13,17-30H2,1-3H3,(H2,60,69)(H,62,68,71)/t33-,36?,39?,56-/m0/s1. The summed E-state index contributed by atoms with van der Waals surface area (Å²) in [6, 6.07) is 19.9. The van der Waals surface area contributed by atoms with E-state index in [9.17, 15) is 19.2 Å². The van der Waals surface area contributed by atoms with E-state index >= 15 is 8.78 Å². The van der Waals surface area contributed by atoms with E-state index in [1.54, 1.807) is 4.90 Å². The second-order valence-corrected chi connectivity index (χ2v) is 21.2. The van der Waals surface area contributed by atoms with Gasteiger partial charge in [0.15, 0.2) is 17.4 Å².